The minimum absolute atomic E-state index is 0.202. The second-order valence-corrected chi connectivity index (χ2v) is 3.24. The van der Waals surface area contributed by atoms with Gasteiger partial charge in [0, 0.05) is 12.3 Å². The van der Waals surface area contributed by atoms with Crippen LogP contribution in [0.3, 0.4) is 0 Å². The molecule has 1 aliphatic rings. The third-order valence-corrected chi connectivity index (χ3v) is 1.93. The number of Topliss-reactive ketones (excluding diaryl/α,β-unsaturated/α-hetero) is 1. The van der Waals surface area contributed by atoms with Crippen LogP contribution >= 0.6 is 0 Å². The first kappa shape index (κ1) is 10.2. The Morgan fingerprint density at radius 3 is 2.69 bits per heavy atom. The van der Waals surface area contributed by atoms with E-state index in [1.165, 1.54) is 0 Å². The normalized spacial score (nSPS) is 15.5. The molecule has 0 aliphatic heterocycles. The van der Waals surface area contributed by atoms with Crippen molar-refractivity contribution in [3.8, 4) is 0 Å². The zero-order valence-electron chi connectivity index (χ0n) is 8.03. The lowest BCUT2D eigenvalue weighted by Crippen LogP contribution is -2.11. The van der Waals surface area contributed by atoms with Crippen LogP contribution in [0.2, 0.25) is 0 Å². The van der Waals surface area contributed by atoms with Gasteiger partial charge in [0.2, 0.25) is 0 Å². The number of hydrogen-bond donors (Lipinski definition) is 0. The van der Waals surface area contributed by atoms with Gasteiger partial charge in [-0.3, -0.25) is 4.79 Å². The van der Waals surface area contributed by atoms with Gasteiger partial charge in [-0.1, -0.05) is 31.2 Å². The number of ketones is 1. The second kappa shape index (κ2) is 5.70. The average molecular weight is 180 g/mol. The van der Waals surface area contributed by atoms with E-state index in [0.717, 1.165) is 6.42 Å². The van der Waals surface area contributed by atoms with Gasteiger partial charge in [0.1, 0.15) is 6.61 Å². The number of carbonyl (C=O) groups excluding carboxylic acids is 1. The molecule has 0 radical (unpaired) electrons. The van der Waals surface area contributed by atoms with Crippen LogP contribution in [0.5, 0.6) is 0 Å². The summed E-state index contributed by atoms with van der Waals surface area (Å²) in [5.41, 5.74) is 0. The van der Waals surface area contributed by atoms with Crippen molar-refractivity contribution in [2.24, 2.45) is 5.92 Å². The Kier molecular flexibility index (Phi) is 4.47. The van der Waals surface area contributed by atoms with Gasteiger partial charge in [-0.2, -0.15) is 0 Å². The van der Waals surface area contributed by atoms with Crippen molar-refractivity contribution in [2.75, 3.05) is 13.2 Å². The molecule has 0 aromatic carbocycles. The van der Waals surface area contributed by atoms with Crippen LogP contribution in [0.15, 0.2) is 24.3 Å². The molecule has 0 unspecified atom stereocenters. The van der Waals surface area contributed by atoms with E-state index in [-0.39, 0.29) is 12.4 Å². The lowest BCUT2D eigenvalue weighted by atomic mass is 10.2. The first-order valence-corrected chi connectivity index (χ1v) is 4.77. The molecule has 1 aliphatic carbocycles. The molecule has 2 nitrogen and oxygen atoms in total. The molecule has 0 atom stereocenters. The van der Waals surface area contributed by atoms with E-state index in [0.29, 0.717) is 18.9 Å². The van der Waals surface area contributed by atoms with Crippen molar-refractivity contribution in [3.05, 3.63) is 24.3 Å². The summed E-state index contributed by atoms with van der Waals surface area (Å²) in [5.74, 6) is 0.572. The molecule has 13 heavy (non-hydrogen) atoms. The van der Waals surface area contributed by atoms with E-state index in [9.17, 15) is 4.79 Å². The molecule has 0 heterocycles. The molecule has 72 valence electrons. The Morgan fingerprint density at radius 2 is 2.08 bits per heavy atom. The highest BCUT2D eigenvalue weighted by atomic mass is 16.5. The van der Waals surface area contributed by atoms with Gasteiger partial charge in [-0.05, 0) is 6.42 Å². The fourth-order valence-corrected chi connectivity index (χ4v) is 1.25. The molecule has 0 spiro atoms. The van der Waals surface area contributed by atoms with Crippen LogP contribution in [-0.2, 0) is 9.53 Å². The highest BCUT2D eigenvalue weighted by molar-refractivity contribution is 5.79. The summed E-state index contributed by atoms with van der Waals surface area (Å²) >= 11 is 0. The van der Waals surface area contributed by atoms with Gasteiger partial charge >= 0.3 is 0 Å². The first-order chi connectivity index (χ1) is 6.33. The molecular weight excluding hydrogens is 164 g/mol. The third kappa shape index (κ3) is 4.04. The van der Waals surface area contributed by atoms with Crippen molar-refractivity contribution in [2.45, 2.75) is 19.8 Å². The lowest BCUT2D eigenvalue weighted by Gasteiger charge is -2.05. The van der Waals surface area contributed by atoms with Crippen LogP contribution < -0.4 is 0 Å². The summed E-state index contributed by atoms with van der Waals surface area (Å²) in [4.78, 5) is 11.1. The molecule has 0 fully saturated rings. The van der Waals surface area contributed by atoms with Crippen molar-refractivity contribution in [3.63, 3.8) is 0 Å². The molecule has 0 aromatic heterocycles. The number of allylic oxidation sites excluding steroid dienone is 2. The van der Waals surface area contributed by atoms with Crippen LogP contribution in [0.1, 0.15) is 19.8 Å². The maximum absolute atomic E-state index is 11.1. The fraction of sp³-hybridized carbons (Fsp3) is 0.545. The highest BCUT2D eigenvalue weighted by Crippen LogP contribution is 2.08. The Hall–Kier alpha value is -0.890. The molecular formula is C11H16O2. The summed E-state index contributed by atoms with van der Waals surface area (Å²) < 4.78 is 5.28. The lowest BCUT2D eigenvalue weighted by molar-refractivity contribution is -0.123. The zero-order valence-corrected chi connectivity index (χ0v) is 8.03. The first-order valence-electron chi connectivity index (χ1n) is 4.77. The van der Waals surface area contributed by atoms with E-state index in [2.05, 4.69) is 12.2 Å². The molecule has 2 heteroatoms. The van der Waals surface area contributed by atoms with Gasteiger partial charge in [0.05, 0.1) is 6.61 Å². The van der Waals surface area contributed by atoms with Gasteiger partial charge in [0.25, 0.3) is 0 Å². The minimum atomic E-state index is 0.202. The molecule has 0 saturated heterocycles. The van der Waals surface area contributed by atoms with Crippen LogP contribution in [0.25, 0.3) is 0 Å². The monoisotopic (exact) mass is 180 g/mol. The average Bonchev–Trinajstić information content (AvgIpc) is 2.57. The van der Waals surface area contributed by atoms with Crippen molar-refractivity contribution >= 4 is 5.78 Å². The Morgan fingerprint density at radius 1 is 1.38 bits per heavy atom. The van der Waals surface area contributed by atoms with Crippen molar-refractivity contribution in [1.82, 2.24) is 0 Å². The molecule has 0 bridgehead atoms. The van der Waals surface area contributed by atoms with Crippen LogP contribution in [-0.4, -0.2) is 19.0 Å². The summed E-state index contributed by atoms with van der Waals surface area (Å²) in [6.45, 7) is 2.90. The number of carbonyl (C=O) groups is 1. The molecule has 0 saturated carbocycles. The minimum Gasteiger partial charge on any atom is -0.373 e. The largest absolute Gasteiger partial charge is 0.373 e. The van der Waals surface area contributed by atoms with Gasteiger partial charge in [-0.25, -0.2) is 0 Å². The zero-order chi connectivity index (χ0) is 9.52. The van der Waals surface area contributed by atoms with Crippen LogP contribution in [0.4, 0.5) is 0 Å². The molecule has 1 rings (SSSR count). The SMILES string of the molecule is CCCC(=O)COCC1C=CC=C1. The van der Waals surface area contributed by atoms with E-state index >= 15 is 0 Å². The van der Waals surface area contributed by atoms with Crippen LogP contribution in [0, 0.1) is 5.92 Å². The summed E-state index contributed by atoms with van der Waals surface area (Å²) in [5, 5.41) is 0. The van der Waals surface area contributed by atoms with Crippen molar-refractivity contribution < 1.29 is 9.53 Å². The maximum atomic E-state index is 11.1. The predicted octanol–water partition coefficient (Wildman–Crippen LogP) is 2.11. The fourth-order valence-electron chi connectivity index (χ4n) is 1.25. The summed E-state index contributed by atoms with van der Waals surface area (Å²) in [6, 6.07) is 0. The van der Waals surface area contributed by atoms with Crippen molar-refractivity contribution in [1.29, 1.82) is 0 Å². The number of ether oxygens (including phenoxy) is 1. The summed E-state index contributed by atoms with van der Waals surface area (Å²) in [6.07, 6.45) is 9.69. The standard InChI is InChI=1S/C11H16O2/c1-2-5-11(12)9-13-8-10-6-3-4-7-10/h3-4,6-7,10H,2,5,8-9H2,1H3. The number of hydrogen-bond acceptors (Lipinski definition) is 2. The second-order valence-electron chi connectivity index (χ2n) is 3.24. The third-order valence-electron chi connectivity index (χ3n) is 1.93. The Bertz CT molecular complexity index is 204. The van der Waals surface area contributed by atoms with Gasteiger partial charge in [0.15, 0.2) is 5.78 Å². The maximum Gasteiger partial charge on any atom is 0.158 e. The smallest absolute Gasteiger partial charge is 0.158 e. The van der Waals surface area contributed by atoms with E-state index < -0.39 is 0 Å². The van der Waals surface area contributed by atoms with E-state index in [1.54, 1.807) is 0 Å². The van der Waals surface area contributed by atoms with E-state index in [4.69, 9.17) is 4.74 Å². The Labute approximate surface area is 79.3 Å². The molecule has 0 aromatic rings. The highest BCUT2D eigenvalue weighted by Gasteiger charge is 2.05. The predicted molar refractivity (Wildman–Crippen MR) is 52.5 cm³/mol. The summed E-state index contributed by atoms with van der Waals surface area (Å²) in [7, 11) is 0. The molecule has 0 N–H and O–H groups in total. The molecule has 0 amide bonds. The Balaban J connectivity index is 2.03. The topological polar surface area (TPSA) is 26.3 Å². The van der Waals surface area contributed by atoms with E-state index in [1.807, 2.05) is 19.1 Å². The number of rotatable bonds is 6. The van der Waals surface area contributed by atoms with Gasteiger partial charge in [-0.15, -0.1) is 0 Å². The quantitative estimate of drug-likeness (QED) is 0.625. The van der Waals surface area contributed by atoms with Gasteiger partial charge < -0.3 is 4.74 Å².